The number of nitrogens with one attached hydrogen (secondary N) is 1. The first-order chi connectivity index (χ1) is 10.1. The molecule has 0 aromatic heterocycles. The lowest BCUT2D eigenvalue weighted by Crippen LogP contribution is -2.21. The van der Waals surface area contributed by atoms with Crippen molar-refractivity contribution in [1.82, 2.24) is 5.32 Å². The highest BCUT2D eigenvalue weighted by molar-refractivity contribution is 7.98. The lowest BCUT2D eigenvalue weighted by molar-refractivity contribution is 0.482. The van der Waals surface area contributed by atoms with Gasteiger partial charge in [-0.2, -0.15) is 0 Å². The molecular formula is C17H20ClNOS. The normalized spacial score (nSPS) is 10.9. The van der Waals surface area contributed by atoms with Crippen molar-refractivity contribution in [2.45, 2.75) is 31.3 Å². The lowest BCUT2D eigenvalue weighted by Gasteiger charge is -2.11. The molecule has 0 aliphatic heterocycles. The highest BCUT2D eigenvalue weighted by Gasteiger charge is 2.05. The lowest BCUT2D eigenvalue weighted by atomic mass is 10.2. The Morgan fingerprint density at radius 2 is 1.76 bits per heavy atom. The zero-order valence-electron chi connectivity index (χ0n) is 12.5. The standard InChI is InChI=1S/C17H20ClNOS/c1-12(2)19-11-13-4-5-15(10-17(13)18)20-14-6-8-16(21-3)9-7-14/h4-10,12,19H,11H2,1-3H3. The summed E-state index contributed by atoms with van der Waals surface area (Å²) in [5, 5.41) is 4.08. The molecule has 2 aromatic carbocycles. The summed E-state index contributed by atoms with van der Waals surface area (Å²) in [6.07, 6.45) is 2.06. The smallest absolute Gasteiger partial charge is 0.128 e. The van der Waals surface area contributed by atoms with Crippen molar-refractivity contribution in [2.75, 3.05) is 6.26 Å². The van der Waals surface area contributed by atoms with Gasteiger partial charge in [0, 0.05) is 22.5 Å². The van der Waals surface area contributed by atoms with E-state index in [0.717, 1.165) is 28.6 Å². The van der Waals surface area contributed by atoms with Crippen LogP contribution >= 0.6 is 23.4 Å². The quantitative estimate of drug-likeness (QED) is 0.724. The summed E-state index contributed by atoms with van der Waals surface area (Å²) >= 11 is 8.02. The first kappa shape index (κ1) is 16.2. The van der Waals surface area contributed by atoms with E-state index in [1.807, 2.05) is 42.5 Å². The van der Waals surface area contributed by atoms with Gasteiger partial charge in [-0.05, 0) is 48.2 Å². The zero-order chi connectivity index (χ0) is 15.2. The molecule has 21 heavy (non-hydrogen) atoms. The number of benzene rings is 2. The molecule has 0 fully saturated rings. The molecule has 2 nitrogen and oxygen atoms in total. The number of rotatable bonds is 6. The largest absolute Gasteiger partial charge is 0.457 e. The van der Waals surface area contributed by atoms with Crippen LogP contribution in [0.3, 0.4) is 0 Å². The second kappa shape index (κ2) is 7.74. The Morgan fingerprint density at radius 3 is 2.33 bits per heavy atom. The fourth-order valence-electron chi connectivity index (χ4n) is 1.83. The minimum Gasteiger partial charge on any atom is -0.457 e. The molecule has 0 amide bonds. The van der Waals surface area contributed by atoms with Gasteiger partial charge < -0.3 is 10.1 Å². The van der Waals surface area contributed by atoms with Gasteiger partial charge in [0.15, 0.2) is 0 Å². The zero-order valence-corrected chi connectivity index (χ0v) is 14.1. The molecule has 4 heteroatoms. The van der Waals surface area contributed by atoms with Gasteiger partial charge in [0.05, 0.1) is 0 Å². The number of thioether (sulfide) groups is 1. The summed E-state index contributed by atoms with van der Waals surface area (Å²) in [5.74, 6) is 1.57. The third-order valence-electron chi connectivity index (χ3n) is 3.02. The molecule has 0 aliphatic carbocycles. The van der Waals surface area contributed by atoms with Gasteiger partial charge in [-0.3, -0.25) is 0 Å². The van der Waals surface area contributed by atoms with Gasteiger partial charge in [0.25, 0.3) is 0 Å². The van der Waals surface area contributed by atoms with E-state index in [1.54, 1.807) is 11.8 Å². The second-order valence-electron chi connectivity index (χ2n) is 5.07. The molecule has 0 atom stereocenters. The molecule has 0 saturated heterocycles. The van der Waals surface area contributed by atoms with Crippen LogP contribution < -0.4 is 10.1 Å². The Morgan fingerprint density at radius 1 is 1.10 bits per heavy atom. The summed E-state index contributed by atoms with van der Waals surface area (Å²) < 4.78 is 5.83. The van der Waals surface area contributed by atoms with Gasteiger partial charge in [-0.1, -0.05) is 31.5 Å². The van der Waals surface area contributed by atoms with Crippen LogP contribution in [0.25, 0.3) is 0 Å². The summed E-state index contributed by atoms with van der Waals surface area (Å²) in [7, 11) is 0. The third kappa shape index (κ3) is 4.95. The van der Waals surface area contributed by atoms with Gasteiger partial charge in [0.1, 0.15) is 11.5 Å². The van der Waals surface area contributed by atoms with Gasteiger partial charge in [0.2, 0.25) is 0 Å². The fourth-order valence-corrected chi connectivity index (χ4v) is 2.47. The van der Waals surface area contributed by atoms with Crippen LogP contribution in [-0.2, 0) is 6.54 Å². The van der Waals surface area contributed by atoms with E-state index in [-0.39, 0.29) is 0 Å². The Hall–Kier alpha value is -1.16. The van der Waals surface area contributed by atoms with Crippen molar-refractivity contribution in [2.24, 2.45) is 0 Å². The molecule has 0 saturated carbocycles. The molecule has 0 unspecified atom stereocenters. The van der Waals surface area contributed by atoms with E-state index < -0.39 is 0 Å². The maximum absolute atomic E-state index is 6.30. The molecule has 2 rings (SSSR count). The van der Waals surface area contributed by atoms with Crippen LogP contribution in [0, 0.1) is 0 Å². The Kier molecular flexibility index (Phi) is 5.97. The highest BCUT2D eigenvalue weighted by atomic mass is 35.5. The monoisotopic (exact) mass is 321 g/mol. The van der Waals surface area contributed by atoms with Crippen LogP contribution in [0.4, 0.5) is 0 Å². The van der Waals surface area contributed by atoms with E-state index in [0.29, 0.717) is 6.04 Å². The molecule has 2 aromatic rings. The molecular weight excluding hydrogens is 302 g/mol. The molecule has 0 spiro atoms. The molecule has 0 aliphatic rings. The summed E-state index contributed by atoms with van der Waals surface area (Å²) in [6, 6.07) is 14.3. The van der Waals surface area contributed by atoms with Crippen molar-refractivity contribution >= 4 is 23.4 Å². The number of ether oxygens (including phenoxy) is 1. The predicted molar refractivity (Wildman–Crippen MR) is 91.7 cm³/mol. The molecule has 0 radical (unpaired) electrons. The van der Waals surface area contributed by atoms with Gasteiger partial charge in [-0.15, -0.1) is 11.8 Å². The first-order valence-electron chi connectivity index (χ1n) is 6.92. The Labute approximate surface area is 135 Å². The Bertz CT molecular complexity index is 584. The molecule has 112 valence electrons. The van der Waals surface area contributed by atoms with Crippen LogP contribution in [0.2, 0.25) is 5.02 Å². The van der Waals surface area contributed by atoms with Gasteiger partial charge >= 0.3 is 0 Å². The topological polar surface area (TPSA) is 21.3 Å². The van der Waals surface area contributed by atoms with Crippen molar-refractivity contribution < 1.29 is 4.74 Å². The minimum atomic E-state index is 0.437. The third-order valence-corrected chi connectivity index (χ3v) is 4.12. The van der Waals surface area contributed by atoms with E-state index in [9.17, 15) is 0 Å². The number of hydrogen-bond donors (Lipinski definition) is 1. The van der Waals surface area contributed by atoms with E-state index in [4.69, 9.17) is 16.3 Å². The average Bonchev–Trinajstić information content (AvgIpc) is 2.47. The minimum absolute atomic E-state index is 0.437. The second-order valence-corrected chi connectivity index (χ2v) is 6.35. The summed E-state index contributed by atoms with van der Waals surface area (Å²) in [6.45, 7) is 4.99. The summed E-state index contributed by atoms with van der Waals surface area (Å²) in [4.78, 5) is 1.22. The first-order valence-corrected chi connectivity index (χ1v) is 8.52. The van der Waals surface area contributed by atoms with Crippen LogP contribution in [0.1, 0.15) is 19.4 Å². The molecule has 1 N–H and O–H groups in total. The molecule has 0 heterocycles. The van der Waals surface area contributed by atoms with E-state index >= 15 is 0 Å². The number of hydrogen-bond acceptors (Lipinski definition) is 3. The van der Waals surface area contributed by atoms with E-state index in [1.165, 1.54) is 4.90 Å². The van der Waals surface area contributed by atoms with Crippen molar-refractivity contribution in [3.05, 3.63) is 53.1 Å². The average molecular weight is 322 g/mol. The maximum atomic E-state index is 6.30. The van der Waals surface area contributed by atoms with E-state index in [2.05, 4.69) is 25.4 Å². The van der Waals surface area contributed by atoms with Crippen molar-refractivity contribution in [3.63, 3.8) is 0 Å². The maximum Gasteiger partial charge on any atom is 0.128 e. The Balaban J connectivity index is 2.05. The van der Waals surface area contributed by atoms with Gasteiger partial charge in [-0.25, -0.2) is 0 Å². The number of halogens is 1. The SMILES string of the molecule is CSc1ccc(Oc2ccc(CNC(C)C)c(Cl)c2)cc1. The molecule has 0 bridgehead atoms. The fraction of sp³-hybridized carbons (Fsp3) is 0.294. The van der Waals surface area contributed by atoms with Crippen LogP contribution in [0.5, 0.6) is 11.5 Å². The predicted octanol–water partition coefficient (Wildman–Crippen LogP) is 5.35. The van der Waals surface area contributed by atoms with Crippen LogP contribution in [0.15, 0.2) is 47.4 Å². The van der Waals surface area contributed by atoms with Crippen molar-refractivity contribution in [3.8, 4) is 11.5 Å². The van der Waals surface area contributed by atoms with Crippen molar-refractivity contribution in [1.29, 1.82) is 0 Å². The summed E-state index contributed by atoms with van der Waals surface area (Å²) in [5.41, 5.74) is 1.08. The van der Waals surface area contributed by atoms with Crippen LogP contribution in [-0.4, -0.2) is 12.3 Å². The highest BCUT2D eigenvalue weighted by Crippen LogP contribution is 2.28.